The Morgan fingerprint density at radius 1 is 1.31 bits per heavy atom. The lowest BCUT2D eigenvalue weighted by molar-refractivity contribution is 0.0914. The van der Waals surface area contributed by atoms with Gasteiger partial charge in [0.15, 0.2) is 0 Å². The molecule has 0 spiro atoms. The fraction of sp³-hybridized carbons (Fsp3) is 0.667. The topological polar surface area (TPSA) is 44.2 Å². The molecule has 0 saturated heterocycles. The van der Waals surface area contributed by atoms with Crippen LogP contribution in [0.3, 0.4) is 0 Å². The normalized spacial score (nSPS) is 25.1. The summed E-state index contributed by atoms with van der Waals surface area (Å²) in [4.78, 5) is 8.27. The van der Waals surface area contributed by atoms with Crippen LogP contribution in [-0.4, -0.2) is 23.2 Å². The Kier molecular flexibility index (Phi) is 3.59. The number of ether oxygens (including phenoxy) is 2. The molecule has 1 heterocycles. The van der Waals surface area contributed by atoms with Crippen molar-refractivity contribution in [2.45, 2.75) is 38.7 Å². The zero-order valence-electron chi connectivity index (χ0n) is 9.85. The van der Waals surface area contributed by atoms with Crippen molar-refractivity contribution in [2.75, 3.05) is 7.11 Å². The summed E-state index contributed by atoms with van der Waals surface area (Å²) in [5.41, 5.74) is 0. The van der Waals surface area contributed by atoms with Gasteiger partial charge in [0.05, 0.1) is 7.11 Å². The lowest BCUT2D eigenvalue weighted by Gasteiger charge is -2.28. The molecule has 0 aliphatic heterocycles. The van der Waals surface area contributed by atoms with Crippen LogP contribution in [0, 0.1) is 5.92 Å². The highest BCUT2D eigenvalue weighted by atomic mass is 16.5. The van der Waals surface area contributed by atoms with Crippen LogP contribution < -0.4 is 9.47 Å². The van der Waals surface area contributed by atoms with Crippen LogP contribution in [0.15, 0.2) is 12.3 Å². The highest BCUT2D eigenvalue weighted by Gasteiger charge is 2.23. The van der Waals surface area contributed by atoms with Gasteiger partial charge in [0.25, 0.3) is 0 Å². The quantitative estimate of drug-likeness (QED) is 0.788. The molecule has 1 aromatic heterocycles. The van der Waals surface area contributed by atoms with Gasteiger partial charge in [-0.2, -0.15) is 4.98 Å². The molecule has 1 aliphatic carbocycles. The van der Waals surface area contributed by atoms with E-state index in [9.17, 15) is 0 Å². The SMILES string of the molecule is COc1ccnc(O[C@H]2CCCC[C@H]2C)n1. The Labute approximate surface area is 96.0 Å². The second-order valence-corrected chi connectivity index (χ2v) is 4.30. The van der Waals surface area contributed by atoms with Crippen LogP contribution in [-0.2, 0) is 0 Å². The predicted molar refractivity (Wildman–Crippen MR) is 60.6 cm³/mol. The first kappa shape index (κ1) is 11.2. The van der Waals surface area contributed by atoms with Crippen molar-refractivity contribution >= 4 is 0 Å². The van der Waals surface area contributed by atoms with Crippen LogP contribution >= 0.6 is 0 Å². The van der Waals surface area contributed by atoms with Crippen LogP contribution in [0.2, 0.25) is 0 Å². The average Bonchev–Trinajstić information content (AvgIpc) is 2.32. The molecule has 4 nitrogen and oxygen atoms in total. The number of nitrogens with zero attached hydrogens (tertiary/aromatic N) is 2. The third kappa shape index (κ3) is 2.62. The molecule has 4 heteroatoms. The minimum absolute atomic E-state index is 0.251. The number of hydrogen-bond acceptors (Lipinski definition) is 4. The van der Waals surface area contributed by atoms with E-state index < -0.39 is 0 Å². The second kappa shape index (κ2) is 5.14. The summed E-state index contributed by atoms with van der Waals surface area (Å²) in [7, 11) is 1.59. The molecule has 1 saturated carbocycles. The molecule has 1 fully saturated rings. The van der Waals surface area contributed by atoms with Gasteiger partial charge in [-0.3, -0.25) is 0 Å². The highest BCUT2D eigenvalue weighted by molar-refractivity contribution is 5.11. The predicted octanol–water partition coefficient (Wildman–Crippen LogP) is 2.44. The molecule has 0 unspecified atom stereocenters. The van der Waals surface area contributed by atoms with Gasteiger partial charge in [0.2, 0.25) is 5.88 Å². The van der Waals surface area contributed by atoms with Gasteiger partial charge in [-0.25, -0.2) is 4.98 Å². The molecular formula is C12H18N2O2. The van der Waals surface area contributed by atoms with Gasteiger partial charge in [-0.05, 0) is 25.2 Å². The first-order chi connectivity index (χ1) is 7.79. The van der Waals surface area contributed by atoms with Crippen molar-refractivity contribution in [3.8, 4) is 11.9 Å². The summed E-state index contributed by atoms with van der Waals surface area (Å²) in [6.45, 7) is 2.23. The number of rotatable bonds is 3. The molecule has 2 rings (SSSR count). The van der Waals surface area contributed by atoms with Gasteiger partial charge < -0.3 is 9.47 Å². The molecule has 1 aromatic rings. The van der Waals surface area contributed by atoms with Crippen LogP contribution in [0.1, 0.15) is 32.6 Å². The molecule has 16 heavy (non-hydrogen) atoms. The Balaban J connectivity index is 2.01. The summed E-state index contributed by atoms with van der Waals surface area (Å²) in [5, 5.41) is 0. The van der Waals surface area contributed by atoms with Crippen molar-refractivity contribution in [2.24, 2.45) is 5.92 Å². The van der Waals surface area contributed by atoms with Crippen molar-refractivity contribution < 1.29 is 9.47 Å². The molecular weight excluding hydrogens is 204 g/mol. The highest BCUT2D eigenvalue weighted by Crippen LogP contribution is 2.27. The maximum atomic E-state index is 5.81. The fourth-order valence-corrected chi connectivity index (χ4v) is 2.09. The Morgan fingerprint density at radius 2 is 2.12 bits per heavy atom. The van der Waals surface area contributed by atoms with E-state index in [0.717, 1.165) is 6.42 Å². The zero-order chi connectivity index (χ0) is 11.4. The number of methoxy groups -OCH3 is 1. The molecule has 0 bridgehead atoms. The maximum Gasteiger partial charge on any atom is 0.319 e. The molecule has 0 aromatic carbocycles. The van der Waals surface area contributed by atoms with E-state index >= 15 is 0 Å². The van der Waals surface area contributed by atoms with Crippen molar-refractivity contribution in [1.82, 2.24) is 9.97 Å². The minimum Gasteiger partial charge on any atom is -0.481 e. The standard InChI is InChI=1S/C12H18N2O2/c1-9-5-3-4-6-10(9)16-12-13-8-7-11(14-12)15-2/h7-10H,3-6H2,1-2H3/t9-,10+/m1/s1. The van der Waals surface area contributed by atoms with Gasteiger partial charge in [-0.1, -0.05) is 13.3 Å². The van der Waals surface area contributed by atoms with Gasteiger partial charge in [0.1, 0.15) is 6.10 Å². The first-order valence-electron chi connectivity index (χ1n) is 5.83. The van der Waals surface area contributed by atoms with E-state index in [2.05, 4.69) is 16.9 Å². The third-order valence-corrected chi connectivity index (χ3v) is 3.11. The van der Waals surface area contributed by atoms with E-state index in [1.165, 1.54) is 19.3 Å². The van der Waals surface area contributed by atoms with Gasteiger partial charge in [0, 0.05) is 12.3 Å². The van der Waals surface area contributed by atoms with E-state index in [4.69, 9.17) is 9.47 Å². The summed E-state index contributed by atoms with van der Waals surface area (Å²) < 4.78 is 10.8. The zero-order valence-corrected chi connectivity index (χ0v) is 9.85. The Hall–Kier alpha value is -1.32. The molecule has 2 atom stereocenters. The van der Waals surface area contributed by atoms with Crippen LogP contribution in [0.5, 0.6) is 11.9 Å². The molecule has 0 radical (unpaired) electrons. The van der Waals surface area contributed by atoms with E-state index in [0.29, 0.717) is 17.8 Å². The summed E-state index contributed by atoms with van der Waals surface area (Å²) in [6.07, 6.45) is 6.78. The lowest BCUT2D eigenvalue weighted by Crippen LogP contribution is -2.28. The molecule has 0 N–H and O–H groups in total. The van der Waals surface area contributed by atoms with E-state index in [1.807, 2.05) is 0 Å². The molecule has 88 valence electrons. The van der Waals surface area contributed by atoms with Crippen LogP contribution in [0.25, 0.3) is 0 Å². The smallest absolute Gasteiger partial charge is 0.319 e. The van der Waals surface area contributed by atoms with E-state index in [1.54, 1.807) is 19.4 Å². The monoisotopic (exact) mass is 222 g/mol. The second-order valence-electron chi connectivity index (χ2n) is 4.30. The molecule has 0 amide bonds. The van der Waals surface area contributed by atoms with Gasteiger partial charge >= 0.3 is 6.01 Å². The summed E-state index contributed by atoms with van der Waals surface area (Å²) in [5.74, 6) is 1.14. The minimum atomic E-state index is 0.251. The number of aromatic nitrogens is 2. The molecule has 1 aliphatic rings. The lowest BCUT2D eigenvalue weighted by atomic mass is 9.88. The van der Waals surface area contributed by atoms with Crippen molar-refractivity contribution in [3.63, 3.8) is 0 Å². The summed E-state index contributed by atoms with van der Waals surface area (Å²) in [6, 6.07) is 2.15. The Morgan fingerprint density at radius 3 is 2.88 bits per heavy atom. The maximum absolute atomic E-state index is 5.81. The van der Waals surface area contributed by atoms with E-state index in [-0.39, 0.29) is 6.10 Å². The van der Waals surface area contributed by atoms with Gasteiger partial charge in [-0.15, -0.1) is 0 Å². The van der Waals surface area contributed by atoms with Crippen molar-refractivity contribution in [3.05, 3.63) is 12.3 Å². The van der Waals surface area contributed by atoms with Crippen LogP contribution in [0.4, 0.5) is 0 Å². The van der Waals surface area contributed by atoms with Crippen molar-refractivity contribution in [1.29, 1.82) is 0 Å². The Bertz CT molecular complexity index is 344. The average molecular weight is 222 g/mol. The third-order valence-electron chi connectivity index (χ3n) is 3.11. The number of hydrogen-bond donors (Lipinski definition) is 0. The fourth-order valence-electron chi connectivity index (χ4n) is 2.09. The summed E-state index contributed by atoms with van der Waals surface area (Å²) >= 11 is 0. The first-order valence-corrected chi connectivity index (χ1v) is 5.83. The largest absolute Gasteiger partial charge is 0.481 e.